The average molecular weight is 270 g/mol. The molecule has 2 N–H and O–H groups in total. The monoisotopic (exact) mass is 269 g/mol. The molecule has 2 heterocycles. The largest absolute Gasteiger partial charge is 0.355 e. The minimum Gasteiger partial charge on any atom is -0.355 e. The molecule has 98 valence electrons. The van der Waals surface area contributed by atoms with Gasteiger partial charge in [0.1, 0.15) is 17.4 Å². The standard InChI is InChI=1S/C11H16ClN5O/c1-2-15-11(18)9-6-13-3-4-17(9)10-8(12)5-14-7-16-10/h5,7,9,13H,2-4,6H2,1H3,(H,15,18). The number of hydrogen-bond acceptors (Lipinski definition) is 5. The van der Waals surface area contributed by atoms with E-state index in [0.29, 0.717) is 30.5 Å². The molecule has 1 aliphatic rings. The van der Waals surface area contributed by atoms with Gasteiger partial charge in [0.2, 0.25) is 5.91 Å². The predicted octanol–water partition coefficient (Wildman–Crippen LogP) is 0.0443. The van der Waals surface area contributed by atoms with Gasteiger partial charge in [-0.1, -0.05) is 11.6 Å². The third-order valence-electron chi connectivity index (χ3n) is 2.82. The van der Waals surface area contributed by atoms with E-state index in [1.165, 1.54) is 6.33 Å². The van der Waals surface area contributed by atoms with Gasteiger partial charge in [-0.25, -0.2) is 9.97 Å². The van der Waals surface area contributed by atoms with Gasteiger partial charge in [0.05, 0.1) is 6.20 Å². The molecule has 1 saturated heterocycles. The lowest BCUT2D eigenvalue weighted by atomic mass is 10.1. The van der Waals surface area contributed by atoms with Crippen LogP contribution in [0.15, 0.2) is 12.5 Å². The molecule has 1 amide bonds. The second kappa shape index (κ2) is 5.97. The van der Waals surface area contributed by atoms with E-state index in [9.17, 15) is 4.79 Å². The Morgan fingerprint density at radius 3 is 3.28 bits per heavy atom. The van der Waals surface area contributed by atoms with Gasteiger partial charge in [0.25, 0.3) is 0 Å². The minimum absolute atomic E-state index is 0.0145. The average Bonchev–Trinajstić information content (AvgIpc) is 2.40. The number of carbonyl (C=O) groups excluding carboxylic acids is 1. The van der Waals surface area contributed by atoms with E-state index in [1.54, 1.807) is 6.20 Å². The molecule has 6 nitrogen and oxygen atoms in total. The van der Waals surface area contributed by atoms with E-state index in [0.717, 1.165) is 6.54 Å². The number of carbonyl (C=O) groups is 1. The second-order valence-electron chi connectivity index (χ2n) is 4.00. The number of amides is 1. The molecule has 1 unspecified atom stereocenters. The number of aromatic nitrogens is 2. The van der Waals surface area contributed by atoms with Crippen molar-refractivity contribution in [3.05, 3.63) is 17.5 Å². The highest BCUT2D eigenvalue weighted by molar-refractivity contribution is 6.32. The lowest BCUT2D eigenvalue weighted by Gasteiger charge is -2.36. The van der Waals surface area contributed by atoms with Crippen LogP contribution in [0.1, 0.15) is 6.92 Å². The molecule has 2 rings (SSSR count). The van der Waals surface area contributed by atoms with E-state index in [4.69, 9.17) is 11.6 Å². The van der Waals surface area contributed by atoms with Crippen molar-refractivity contribution in [3.8, 4) is 0 Å². The number of piperazine rings is 1. The first-order valence-corrected chi connectivity index (χ1v) is 6.32. The quantitative estimate of drug-likeness (QED) is 0.811. The maximum atomic E-state index is 12.0. The van der Waals surface area contributed by atoms with E-state index in [-0.39, 0.29) is 11.9 Å². The Kier molecular flexibility index (Phi) is 4.33. The minimum atomic E-state index is -0.286. The third kappa shape index (κ3) is 2.70. The zero-order chi connectivity index (χ0) is 13.0. The van der Waals surface area contributed by atoms with Crippen molar-refractivity contribution in [2.75, 3.05) is 31.1 Å². The van der Waals surface area contributed by atoms with Crippen LogP contribution in [0, 0.1) is 0 Å². The van der Waals surface area contributed by atoms with E-state index < -0.39 is 0 Å². The summed E-state index contributed by atoms with van der Waals surface area (Å²) in [5, 5.41) is 6.50. The summed E-state index contributed by atoms with van der Waals surface area (Å²) in [6.07, 6.45) is 2.98. The molecule has 0 aromatic carbocycles. The summed E-state index contributed by atoms with van der Waals surface area (Å²) in [7, 11) is 0. The Bertz CT molecular complexity index is 428. The lowest BCUT2D eigenvalue weighted by Crippen LogP contribution is -2.58. The number of anilines is 1. The summed E-state index contributed by atoms with van der Waals surface area (Å²) in [5.74, 6) is 0.601. The zero-order valence-corrected chi connectivity index (χ0v) is 10.9. The highest BCUT2D eigenvalue weighted by Crippen LogP contribution is 2.23. The van der Waals surface area contributed by atoms with Gasteiger partial charge in [-0.15, -0.1) is 0 Å². The summed E-state index contributed by atoms with van der Waals surface area (Å²) in [6, 6.07) is -0.286. The Hall–Kier alpha value is -1.40. The van der Waals surface area contributed by atoms with Crippen molar-refractivity contribution >= 4 is 23.3 Å². The smallest absolute Gasteiger partial charge is 0.244 e. The van der Waals surface area contributed by atoms with Crippen LogP contribution in [-0.4, -0.2) is 48.1 Å². The van der Waals surface area contributed by atoms with Crippen LogP contribution < -0.4 is 15.5 Å². The molecule has 1 aromatic rings. The Morgan fingerprint density at radius 1 is 1.72 bits per heavy atom. The third-order valence-corrected chi connectivity index (χ3v) is 3.08. The highest BCUT2D eigenvalue weighted by Gasteiger charge is 2.30. The fraction of sp³-hybridized carbons (Fsp3) is 0.545. The maximum Gasteiger partial charge on any atom is 0.244 e. The van der Waals surface area contributed by atoms with Crippen LogP contribution in [0.3, 0.4) is 0 Å². The number of likely N-dealkylation sites (N-methyl/N-ethyl adjacent to an activating group) is 1. The number of halogens is 1. The summed E-state index contributed by atoms with van der Waals surface area (Å²) in [6.45, 7) is 4.60. The van der Waals surface area contributed by atoms with Crippen LogP contribution in [-0.2, 0) is 4.79 Å². The molecule has 1 atom stereocenters. The van der Waals surface area contributed by atoms with Crippen molar-refractivity contribution in [2.45, 2.75) is 13.0 Å². The number of nitrogens with zero attached hydrogens (tertiary/aromatic N) is 3. The van der Waals surface area contributed by atoms with Crippen molar-refractivity contribution in [2.24, 2.45) is 0 Å². The first-order chi connectivity index (χ1) is 8.74. The molecule has 1 fully saturated rings. The molecule has 1 aromatic heterocycles. The lowest BCUT2D eigenvalue weighted by molar-refractivity contribution is -0.122. The van der Waals surface area contributed by atoms with E-state index in [2.05, 4.69) is 20.6 Å². The van der Waals surface area contributed by atoms with Crippen LogP contribution in [0.5, 0.6) is 0 Å². The molecule has 0 saturated carbocycles. The Morgan fingerprint density at radius 2 is 2.56 bits per heavy atom. The van der Waals surface area contributed by atoms with Gasteiger partial charge in [-0.2, -0.15) is 0 Å². The predicted molar refractivity (Wildman–Crippen MR) is 69.7 cm³/mol. The van der Waals surface area contributed by atoms with Crippen LogP contribution in [0.4, 0.5) is 5.82 Å². The topological polar surface area (TPSA) is 70.2 Å². The summed E-state index contributed by atoms with van der Waals surface area (Å²) in [4.78, 5) is 22.0. The number of hydrogen-bond donors (Lipinski definition) is 2. The first-order valence-electron chi connectivity index (χ1n) is 5.94. The van der Waals surface area contributed by atoms with Crippen LogP contribution >= 0.6 is 11.6 Å². The van der Waals surface area contributed by atoms with E-state index in [1.807, 2.05) is 11.8 Å². The SMILES string of the molecule is CCNC(=O)C1CNCCN1c1ncncc1Cl. The molecule has 0 spiro atoms. The fourth-order valence-electron chi connectivity index (χ4n) is 2.00. The highest BCUT2D eigenvalue weighted by atomic mass is 35.5. The fourth-order valence-corrected chi connectivity index (χ4v) is 2.22. The molecule has 1 aliphatic heterocycles. The number of nitrogens with one attached hydrogen (secondary N) is 2. The molecule has 7 heteroatoms. The Labute approximate surface area is 111 Å². The van der Waals surface area contributed by atoms with Gasteiger partial charge in [0.15, 0.2) is 5.82 Å². The molecule has 0 radical (unpaired) electrons. The first kappa shape index (κ1) is 13.0. The van der Waals surface area contributed by atoms with Gasteiger partial charge in [-0.05, 0) is 6.92 Å². The molecule has 0 bridgehead atoms. The zero-order valence-electron chi connectivity index (χ0n) is 10.2. The summed E-state index contributed by atoms with van der Waals surface area (Å²) >= 11 is 6.09. The van der Waals surface area contributed by atoms with Crippen molar-refractivity contribution in [3.63, 3.8) is 0 Å². The Balaban J connectivity index is 2.23. The normalized spacial score (nSPS) is 19.7. The van der Waals surface area contributed by atoms with Crippen molar-refractivity contribution in [1.29, 1.82) is 0 Å². The van der Waals surface area contributed by atoms with Crippen molar-refractivity contribution < 1.29 is 4.79 Å². The summed E-state index contributed by atoms with van der Waals surface area (Å²) < 4.78 is 0. The number of rotatable bonds is 3. The van der Waals surface area contributed by atoms with Gasteiger partial charge in [0, 0.05) is 26.2 Å². The molecule has 18 heavy (non-hydrogen) atoms. The van der Waals surface area contributed by atoms with Gasteiger partial charge in [-0.3, -0.25) is 4.79 Å². The molecular weight excluding hydrogens is 254 g/mol. The second-order valence-corrected chi connectivity index (χ2v) is 4.41. The van der Waals surface area contributed by atoms with Gasteiger partial charge >= 0.3 is 0 Å². The van der Waals surface area contributed by atoms with Crippen LogP contribution in [0.25, 0.3) is 0 Å². The van der Waals surface area contributed by atoms with Crippen LogP contribution in [0.2, 0.25) is 5.02 Å². The van der Waals surface area contributed by atoms with E-state index >= 15 is 0 Å². The molecular formula is C11H16ClN5O. The van der Waals surface area contributed by atoms with Crippen molar-refractivity contribution in [1.82, 2.24) is 20.6 Å². The molecule has 0 aliphatic carbocycles. The van der Waals surface area contributed by atoms with Gasteiger partial charge < -0.3 is 15.5 Å². The maximum absolute atomic E-state index is 12.0. The summed E-state index contributed by atoms with van der Waals surface area (Å²) in [5.41, 5.74) is 0.